The number of benzene rings is 1. The molecule has 1 amide bonds. The summed E-state index contributed by atoms with van der Waals surface area (Å²) in [6, 6.07) is 6.03. The van der Waals surface area contributed by atoms with E-state index in [1.165, 1.54) is 12.1 Å². The average molecular weight is 298 g/mol. The normalized spacial score (nSPS) is 13.1. The first-order valence-electron chi connectivity index (χ1n) is 6.78. The second kappa shape index (κ2) is 7.40. The molecule has 0 aliphatic heterocycles. The summed E-state index contributed by atoms with van der Waals surface area (Å²) in [5.74, 6) is -0.758. The van der Waals surface area contributed by atoms with Gasteiger partial charge in [-0.05, 0) is 24.1 Å². The predicted molar refractivity (Wildman–Crippen MR) is 78.5 cm³/mol. The van der Waals surface area contributed by atoms with Crippen LogP contribution in [0.2, 0.25) is 0 Å². The average Bonchev–Trinajstić information content (AvgIpc) is 2.37. The van der Waals surface area contributed by atoms with Gasteiger partial charge in [0.05, 0.1) is 10.8 Å². The highest BCUT2D eigenvalue weighted by Gasteiger charge is 2.18. The van der Waals surface area contributed by atoms with Crippen molar-refractivity contribution >= 4 is 15.9 Å². The van der Waals surface area contributed by atoms with Gasteiger partial charge in [-0.25, -0.2) is 13.6 Å². The zero-order valence-corrected chi connectivity index (χ0v) is 12.5. The van der Waals surface area contributed by atoms with Crippen LogP contribution < -0.4 is 10.9 Å². The van der Waals surface area contributed by atoms with Crippen LogP contribution in [-0.2, 0) is 14.8 Å². The number of rotatable bonds is 8. The van der Waals surface area contributed by atoms with Gasteiger partial charge in [0.2, 0.25) is 15.9 Å². The number of primary sulfonamides is 1. The molecule has 1 aromatic carbocycles. The van der Waals surface area contributed by atoms with E-state index in [9.17, 15) is 13.2 Å². The van der Waals surface area contributed by atoms with Crippen LogP contribution >= 0.6 is 0 Å². The summed E-state index contributed by atoms with van der Waals surface area (Å²) in [5, 5.41) is 5.04. The maximum atomic E-state index is 11.5. The van der Waals surface area contributed by atoms with Crippen LogP contribution in [0.4, 0.5) is 0 Å². The molecule has 0 aromatic heterocycles. The summed E-state index contributed by atoms with van der Waals surface area (Å²) in [4.78, 5) is 11.6. The van der Waals surface area contributed by atoms with E-state index in [2.05, 4.69) is 6.92 Å². The van der Waals surface area contributed by atoms with Crippen LogP contribution in [0.15, 0.2) is 29.2 Å². The third-order valence-electron chi connectivity index (χ3n) is 3.30. The quantitative estimate of drug-likeness (QED) is 0.716. The zero-order chi connectivity index (χ0) is 15.2. The highest BCUT2D eigenvalue weighted by Crippen LogP contribution is 2.23. The third kappa shape index (κ3) is 4.94. The maximum absolute atomic E-state index is 11.5. The molecular weight excluding hydrogens is 276 g/mol. The lowest BCUT2D eigenvalue weighted by molar-refractivity contribution is -0.119. The van der Waals surface area contributed by atoms with Gasteiger partial charge >= 0.3 is 0 Å². The highest BCUT2D eigenvalue weighted by atomic mass is 32.2. The van der Waals surface area contributed by atoms with Gasteiger partial charge in [0.15, 0.2) is 0 Å². The summed E-state index contributed by atoms with van der Waals surface area (Å²) < 4.78 is 22.4. The molecule has 112 valence electrons. The number of amides is 1. The van der Waals surface area contributed by atoms with Crippen molar-refractivity contribution in [2.24, 2.45) is 10.9 Å². The van der Waals surface area contributed by atoms with Gasteiger partial charge in [-0.3, -0.25) is 4.79 Å². The summed E-state index contributed by atoms with van der Waals surface area (Å²) in [5.41, 5.74) is 6.16. The van der Waals surface area contributed by atoms with Crippen molar-refractivity contribution < 1.29 is 13.2 Å². The van der Waals surface area contributed by atoms with Crippen molar-refractivity contribution in [2.45, 2.75) is 49.8 Å². The number of carbonyl (C=O) groups is 1. The lowest BCUT2D eigenvalue weighted by Crippen LogP contribution is -2.21. The van der Waals surface area contributed by atoms with Gasteiger partial charge in [-0.1, -0.05) is 44.7 Å². The molecule has 1 unspecified atom stereocenters. The Bertz CT molecular complexity index is 538. The SMILES string of the molecule is CCCCCCC(C(N)=O)c1ccc(S(N)(=O)=O)cc1. The molecule has 0 spiro atoms. The van der Waals surface area contributed by atoms with Crippen molar-refractivity contribution in [1.29, 1.82) is 0 Å². The number of hydrogen-bond donors (Lipinski definition) is 2. The molecule has 0 saturated heterocycles. The molecule has 0 fully saturated rings. The van der Waals surface area contributed by atoms with Crippen molar-refractivity contribution in [1.82, 2.24) is 0 Å². The summed E-state index contributed by atoms with van der Waals surface area (Å²) in [6.07, 6.45) is 4.94. The fourth-order valence-electron chi connectivity index (χ4n) is 2.14. The minimum atomic E-state index is -3.71. The minimum absolute atomic E-state index is 0.0375. The van der Waals surface area contributed by atoms with Crippen molar-refractivity contribution in [3.63, 3.8) is 0 Å². The van der Waals surface area contributed by atoms with Crippen LogP contribution in [0.1, 0.15) is 50.5 Å². The van der Waals surface area contributed by atoms with Gasteiger partial charge in [0, 0.05) is 0 Å². The molecule has 0 bridgehead atoms. The summed E-state index contributed by atoms with van der Waals surface area (Å²) in [6.45, 7) is 2.12. The molecular formula is C14H22N2O3S. The van der Waals surface area contributed by atoms with E-state index < -0.39 is 10.0 Å². The zero-order valence-electron chi connectivity index (χ0n) is 11.7. The fourth-order valence-corrected chi connectivity index (χ4v) is 2.65. The molecule has 1 rings (SSSR count). The number of nitrogens with two attached hydrogens (primary N) is 2. The first-order valence-corrected chi connectivity index (χ1v) is 8.33. The number of hydrogen-bond acceptors (Lipinski definition) is 3. The van der Waals surface area contributed by atoms with Crippen molar-refractivity contribution in [3.8, 4) is 0 Å². The molecule has 5 nitrogen and oxygen atoms in total. The Hall–Kier alpha value is -1.40. The van der Waals surface area contributed by atoms with Gasteiger partial charge < -0.3 is 5.73 Å². The van der Waals surface area contributed by atoms with Gasteiger partial charge in [0.25, 0.3) is 0 Å². The Morgan fingerprint density at radius 3 is 2.20 bits per heavy atom. The molecule has 1 atom stereocenters. The van der Waals surface area contributed by atoms with E-state index >= 15 is 0 Å². The second-order valence-electron chi connectivity index (χ2n) is 4.92. The third-order valence-corrected chi connectivity index (χ3v) is 4.23. The molecule has 0 aliphatic rings. The standard InChI is InChI=1S/C14H22N2O3S/c1-2-3-4-5-6-13(14(15)17)11-7-9-12(10-8-11)20(16,18)19/h7-10,13H,2-6H2,1H3,(H2,15,17)(H2,16,18,19). The van der Waals surface area contributed by atoms with Crippen LogP contribution in [0.5, 0.6) is 0 Å². The van der Waals surface area contributed by atoms with E-state index in [0.29, 0.717) is 6.42 Å². The Kier molecular flexibility index (Phi) is 6.16. The molecule has 1 aromatic rings. The molecule has 4 N–H and O–H groups in total. The monoisotopic (exact) mass is 298 g/mol. The minimum Gasteiger partial charge on any atom is -0.369 e. The lowest BCUT2D eigenvalue weighted by Gasteiger charge is -2.14. The van der Waals surface area contributed by atoms with E-state index in [4.69, 9.17) is 10.9 Å². The van der Waals surface area contributed by atoms with E-state index in [0.717, 1.165) is 31.2 Å². The topological polar surface area (TPSA) is 103 Å². The van der Waals surface area contributed by atoms with Gasteiger partial charge in [-0.2, -0.15) is 0 Å². The van der Waals surface area contributed by atoms with Gasteiger partial charge in [0.1, 0.15) is 0 Å². The Morgan fingerprint density at radius 2 is 1.75 bits per heavy atom. The summed E-state index contributed by atoms with van der Waals surface area (Å²) in [7, 11) is -3.71. The summed E-state index contributed by atoms with van der Waals surface area (Å²) >= 11 is 0. The van der Waals surface area contributed by atoms with Crippen LogP contribution in [-0.4, -0.2) is 14.3 Å². The smallest absolute Gasteiger partial charge is 0.238 e. The number of unbranched alkanes of at least 4 members (excludes halogenated alkanes) is 3. The Balaban J connectivity index is 2.80. The largest absolute Gasteiger partial charge is 0.369 e. The fraction of sp³-hybridized carbons (Fsp3) is 0.500. The molecule has 0 radical (unpaired) electrons. The number of carbonyl (C=O) groups excluding carboxylic acids is 1. The molecule has 20 heavy (non-hydrogen) atoms. The number of sulfonamides is 1. The predicted octanol–water partition coefficient (Wildman–Crippen LogP) is 1.87. The lowest BCUT2D eigenvalue weighted by atomic mass is 9.92. The van der Waals surface area contributed by atoms with E-state index in [-0.39, 0.29) is 16.7 Å². The van der Waals surface area contributed by atoms with Crippen molar-refractivity contribution in [2.75, 3.05) is 0 Å². The van der Waals surface area contributed by atoms with Crippen LogP contribution in [0.3, 0.4) is 0 Å². The maximum Gasteiger partial charge on any atom is 0.238 e. The Morgan fingerprint density at radius 1 is 1.15 bits per heavy atom. The molecule has 0 aliphatic carbocycles. The first kappa shape index (κ1) is 16.7. The molecule has 0 heterocycles. The van der Waals surface area contributed by atoms with Gasteiger partial charge in [-0.15, -0.1) is 0 Å². The van der Waals surface area contributed by atoms with Crippen LogP contribution in [0, 0.1) is 0 Å². The second-order valence-corrected chi connectivity index (χ2v) is 6.48. The Labute approximate surface area is 120 Å². The number of primary amides is 1. The first-order chi connectivity index (χ1) is 9.36. The highest BCUT2D eigenvalue weighted by molar-refractivity contribution is 7.89. The van der Waals surface area contributed by atoms with Crippen molar-refractivity contribution in [3.05, 3.63) is 29.8 Å². The molecule has 6 heteroatoms. The van der Waals surface area contributed by atoms with E-state index in [1.807, 2.05) is 0 Å². The van der Waals surface area contributed by atoms with Crippen LogP contribution in [0.25, 0.3) is 0 Å². The van der Waals surface area contributed by atoms with E-state index in [1.54, 1.807) is 12.1 Å². The molecule has 0 saturated carbocycles.